The van der Waals surface area contributed by atoms with Gasteiger partial charge in [-0.3, -0.25) is 4.98 Å². The van der Waals surface area contributed by atoms with Crippen molar-refractivity contribution in [2.45, 2.75) is 6.54 Å². The highest BCUT2D eigenvalue weighted by molar-refractivity contribution is 5.62. The summed E-state index contributed by atoms with van der Waals surface area (Å²) in [4.78, 5) is 4.08. The Bertz CT molecular complexity index is 392. The first-order valence-electron chi connectivity index (χ1n) is 4.59. The van der Waals surface area contributed by atoms with Crippen LogP contribution >= 0.6 is 0 Å². The minimum absolute atomic E-state index is 0.591. The third-order valence-corrected chi connectivity index (χ3v) is 2.18. The summed E-state index contributed by atoms with van der Waals surface area (Å²) in [5.74, 6) is 0. The van der Waals surface area contributed by atoms with Gasteiger partial charge in [0.15, 0.2) is 0 Å². The number of hydrogen-bond donors (Lipinski definition) is 1. The molecule has 0 unspecified atom stereocenters. The molecule has 0 bridgehead atoms. The molecule has 2 rings (SSSR count). The number of nitrogens with two attached hydrogens (primary N) is 1. The Morgan fingerprint density at radius 1 is 1.00 bits per heavy atom. The van der Waals surface area contributed by atoms with Crippen LogP contribution in [0.5, 0.6) is 0 Å². The summed E-state index contributed by atoms with van der Waals surface area (Å²) in [5, 5.41) is 0. The number of benzene rings is 1. The quantitative estimate of drug-likeness (QED) is 0.777. The van der Waals surface area contributed by atoms with Crippen molar-refractivity contribution in [1.82, 2.24) is 4.98 Å². The Kier molecular flexibility index (Phi) is 2.56. The van der Waals surface area contributed by atoms with Gasteiger partial charge in [-0.15, -0.1) is 0 Å². The van der Waals surface area contributed by atoms with E-state index in [1.165, 1.54) is 5.56 Å². The van der Waals surface area contributed by atoms with Crippen LogP contribution in [0.4, 0.5) is 0 Å². The van der Waals surface area contributed by atoms with E-state index in [-0.39, 0.29) is 0 Å². The molecule has 2 aromatic rings. The van der Waals surface area contributed by atoms with Crippen LogP contribution < -0.4 is 5.73 Å². The largest absolute Gasteiger partial charge is 0.326 e. The number of pyridine rings is 1. The lowest BCUT2D eigenvalue weighted by atomic mass is 10.1. The van der Waals surface area contributed by atoms with Gasteiger partial charge in [-0.1, -0.05) is 30.3 Å². The van der Waals surface area contributed by atoms with E-state index < -0.39 is 0 Å². The van der Waals surface area contributed by atoms with Gasteiger partial charge < -0.3 is 5.73 Å². The number of nitrogens with zero attached hydrogens (tertiary/aromatic N) is 1. The fourth-order valence-corrected chi connectivity index (χ4v) is 1.37. The van der Waals surface area contributed by atoms with Gasteiger partial charge in [0.1, 0.15) is 0 Å². The summed E-state index contributed by atoms with van der Waals surface area (Å²) in [6, 6.07) is 12.2. The third kappa shape index (κ3) is 1.80. The van der Waals surface area contributed by atoms with Gasteiger partial charge in [-0.05, 0) is 22.8 Å². The van der Waals surface area contributed by atoms with E-state index in [1.807, 2.05) is 30.5 Å². The van der Waals surface area contributed by atoms with Gasteiger partial charge in [0, 0.05) is 18.9 Å². The lowest BCUT2D eigenvalue weighted by Crippen LogP contribution is -1.95. The molecule has 0 aliphatic rings. The third-order valence-electron chi connectivity index (χ3n) is 2.18. The van der Waals surface area contributed by atoms with Gasteiger partial charge in [0.2, 0.25) is 0 Å². The normalized spacial score (nSPS) is 10.1. The second-order valence-electron chi connectivity index (χ2n) is 3.14. The Morgan fingerprint density at radius 2 is 1.79 bits per heavy atom. The van der Waals surface area contributed by atoms with Gasteiger partial charge in [0.25, 0.3) is 0 Å². The fourth-order valence-electron chi connectivity index (χ4n) is 1.37. The molecule has 0 spiro atoms. The molecular weight excluding hydrogens is 172 g/mol. The van der Waals surface area contributed by atoms with Crippen molar-refractivity contribution < 1.29 is 0 Å². The summed E-state index contributed by atoms with van der Waals surface area (Å²) in [6.07, 6.45) is 3.63. The van der Waals surface area contributed by atoms with Crippen molar-refractivity contribution in [2.75, 3.05) is 0 Å². The predicted octanol–water partition coefficient (Wildman–Crippen LogP) is 2.21. The molecule has 1 aromatic heterocycles. The van der Waals surface area contributed by atoms with Crippen LogP contribution in [0.2, 0.25) is 0 Å². The summed E-state index contributed by atoms with van der Waals surface area (Å²) >= 11 is 0. The van der Waals surface area contributed by atoms with E-state index in [0.29, 0.717) is 6.54 Å². The molecule has 14 heavy (non-hydrogen) atoms. The maximum absolute atomic E-state index is 5.53. The number of rotatable bonds is 2. The molecule has 0 saturated carbocycles. The van der Waals surface area contributed by atoms with Crippen LogP contribution in [0.3, 0.4) is 0 Å². The lowest BCUT2D eigenvalue weighted by Gasteiger charge is -2.01. The monoisotopic (exact) mass is 184 g/mol. The van der Waals surface area contributed by atoms with Crippen molar-refractivity contribution in [3.05, 3.63) is 54.4 Å². The smallest absolute Gasteiger partial charge is 0.0346 e. The number of aromatic nitrogens is 1. The zero-order valence-electron chi connectivity index (χ0n) is 7.85. The van der Waals surface area contributed by atoms with E-state index in [2.05, 4.69) is 17.1 Å². The molecule has 70 valence electrons. The first kappa shape index (κ1) is 8.91. The van der Waals surface area contributed by atoms with E-state index in [1.54, 1.807) is 6.20 Å². The average Bonchev–Trinajstić information content (AvgIpc) is 2.30. The predicted molar refractivity (Wildman–Crippen MR) is 57.6 cm³/mol. The van der Waals surface area contributed by atoms with E-state index in [0.717, 1.165) is 11.1 Å². The second-order valence-corrected chi connectivity index (χ2v) is 3.14. The van der Waals surface area contributed by atoms with Crippen molar-refractivity contribution in [3.8, 4) is 11.1 Å². The molecule has 0 amide bonds. The van der Waals surface area contributed by atoms with Gasteiger partial charge >= 0.3 is 0 Å². The second kappa shape index (κ2) is 4.03. The molecule has 2 heteroatoms. The summed E-state index contributed by atoms with van der Waals surface area (Å²) in [6.45, 7) is 0.591. The van der Waals surface area contributed by atoms with Crippen molar-refractivity contribution in [1.29, 1.82) is 0 Å². The van der Waals surface area contributed by atoms with Crippen LogP contribution in [-0.2, 0) is 6.54 Å². The number of hydrogen-bond acceptors (Lipinski definition) is 2. The van der Waals surface area contributed by atoms with Crippen molar-refractivity contribution in [3.63, 3.8) is 0 Å². The maximum Gasteiger partial charge on any atom is 0.0346 e. The minimum Gasteiger partial charge on any atom is -0.326 e. The van der Waals surface area contributed by atoms with Crippen molar-refractivity contribution >= 4 is 0 Å². The average molecular weight is 184 g/mol. The molecule has 2 N–H and O–H groups in total. The van der Waals surface area contributed by atoms with Crippen molar-refractivity contribution in [2.24, 2.45) is 5.73 Å². The zero-order valence-corrected chi connectivity index (χ0v) is 7.85. The SMILES string of the molecule is NCc1ccc(-c2cccnc2)cc1. The van der Waals surface area contributed by atoms with Gasteiger partial charge in [-0.25, -0.2) is 0 Å². The van der Waals surface area contributed by atoms with Crippen LogP contribution in [0.25, 0.3) is 11.1 Å². The van der Waals surface area contributed by atoms with E-state index in [9.17, 15) is 0 Å². The molecule has 0 saturated heterocycles. The topological polar surface area (TPSA) is 38.9 Å². The highest BCUT2D eigenvalue weighted by Crippen LogP contribution is 2.17. The Balaban J connectivity index is 2.34. The molecular formula is C12H12N2. The first-order chi connectivity index (χ1) is 6.90. The summed E-state index contributed by atoms with van der Waals surface area (Å²) in [7, 11) is 0. The fraction of sp³-hybridized carbons (Fsp3) is 0.0833. The van der Waals surface area contributed by atoms with Crippen LogP contribution in [0.15, 0.2) is 48.8 Å². The highest BCUT2D eigenvalue weighted by atomic mass is 14.6. The van der Waals surface area contributed by atoms with E-state index >= 15 is 0 Å². The molecule has 0 fully saturated rings. The summed E-state index contributed by atoms with van der Waals surface area (Å²) in [5.41, 5.74) is 8.99. The molecule has 0 atom stereocenters. The van der Waals surface area contributed by atoms with Gasteiger partial charge in [0.05, 0.1) is 0 Å². The van der Waals surface area contributed by atoms with Crippen LogP contribution in [0, 0.1) is 0 Å². The van der Waals surface area contributed by atoms with Crippen LogP contribution in [-0.4, -0.2) is 4.98 Å². The summed E-state index contributed by atoms with van der Waals surface area (Å²) < 4.78 is 0. The molecule has 1 aromatic carbocycles. The maximum atomic E-state index is 5.53. The molecule has 2 nitrogen and oxygen atoms in total. The lowest BCUT2D eigenvalue weighted by molar-refractivity contribution is 1.07. The van der Waals surface area contributed by atoms with E-state index in [4.69, 9.17) is 5.73 Å². The standard InChI is InChI=1S/C12H12N2/c13-8-10-3-5-11(6-4-10)12-2-1-7-14-9-12/h1-7,9H,8,13H2. The Labute approximate surface area is 83.4 Å². The minimum atomic E-state index is 0.591. The Hall–Kier alpha value is -1.67. The van der Waals surface area contributed by atoms with Gasteiger partial charge in [-0.2, -0.15) is 0 Å². The molecule has 0 aliphatic heterocycles. The first-order valence-corrected chi connectivity index (χ1v) is 4.59. The molecule has 1 heterocycles. The Morgan fingerprint density at radius 3 is 2.36 bits per heavy atom. The zero-order chi connectivity index (χ0) is 9.80. The molecule has 0 radical (unpaired) electrons. The van der Waals surface area contributed by atoms with Crippen LogP contribution in [0.1, 0.15) is 5.56 Å². The highest BCUT2D eigenvalue weighted by Gasteiger charge is 1.96. The molecule has 0 aliphatic carbocycles.